The molecule has 2 fully saturated rings. The van der Waals surface area contributed by atoms with Gasteiger partial charge in [-0.25, -0.2) is 4.98 Å². The van der Waals surface area contributed by atoms with Crippen molar-refractivity contribution in [2.45, 2.75) is 82.0 Å². The highest BCUT2D eigenvalue weighted by Gasteiger charge is 2.28. The van der Waals surface area contributed by atoms with E-state index in [1.807, 2.05) is 13.8 Å². The summed E-state index contributed by atoms with van der Waals surface area (Å²) in [4.78, 5) is 32.6. The normalized spacial score (nSPS) is 20.6. The minimum absolute atomic E-state index is 0.000925. The number of fused-ring (bicyclic) bond motifs is 1. The Morgan fingerprint density at radius 3 is 2.86 bits per heavy atom. The van der Waals surface area contributed by atoms with E-state index in [9.17, 15) is 9.59 Å². The highest BCUT2D eigenvalue weighted by molar-refractivity contribution is 8.00. The van der Waals surface area contributed by atoms with Crippen LogP contribution in [0.25, 0.3) is 10.2 Å². The van der Waals surface area contributed by atoms with Crippen LogP contribution in [0.2, 0.25) is 0 Å². The first kappa shape index (κ1) is 19.9. The van der Waals surface area contributed by atoms with E-state index in [0.717, 1.165) is 59.4 Å². The van der Waals surface area contributed by atoms with Gasteiger partial charge < -0.3 is 10.1 Å². The summed E-state index contributed by atoms with van der Waals surface area (Å²) < 4.78 is 7.53. The van der Waals surface area contributed by atoms with Crippen molar-refractivity contribution in [2.24, 2.45) is 0 Å². The SMILES string of the molecule is CCc1c(C)sc2nc(SC(C)C(=O)NC3CC3)n(CC3CCCO3)c(=O)c12. The number of thiophene rings is 1. The van der Waals surface area contributed by atoms with Crippen LogP contribution in [-0.2, 0) is 22.5 Å². The number of hydrogen-bond acceptors (Lipinski definition) is 6. The number of thioether (sulfide) groups is 1. The lowest BCUT2D eigenvalue weighted by atomic mass is 10.1. The molecule has 4 rings (SSSR count). The third-order valence-electron chi connectivity index (χ3n) is 5.42. The number of carbonyl (C=O) groups is 1. The molecule has 8 heteroatoms. The van der Waals surface area contributed by atoms with E-state index in [0.29, 0.717) is 17.7 Å². The number of aryl methyl sites for hydroxylation is 2. The van der Waals surface area contributed by atoms with Gasteiger partial charge >= 0.3 is 0 Å². The van der Waals surface area contributed by atoms with Crippen molar-refractivity contribution in [3.05, 3.63) is 20.8 Å². The Kier molecular flexibility index (Phi) is 5.81. The van der Waals surface area contributed by atoms with Crippen LogP contribution in [0.1, 0.15) is 50.0 Å². The minimum atomic E-state index is -0.299. The van der Waals surface area contributed by atoms with Crippen LogP contribution in [-0.4, -0.2) is 39.5 Å². The summed E-state index contributed by atoms with van der Waals surface area (Å²) in [6, 6.07) is 0.326. The number of hydrogen-bond donors (Lipinski definition) is 1. The number of aromatic nitrogens is 2. The molecule has 0 bridgehead atoms. The van der Waals surface area contributed by atoms with Gasteiger partial charge in [-0.05, 0) is 51.5 Å². The number of nitrogens with zero attached hydrogens (tertiary/aromatic N) is 2. The van der Waals surface area contributed by atoms with Gasteiger partial charge in [-0.1, -0.05) is 18.7 Å². The topological polar surface area (TPSA) is 73.2 Å². The molecule has 1 aliphatic heterocycles. The summed E-state index contributed by atoms with van der Waals surface area (Å²) in [6.45, 7) is 7.25. The van der Waals surface area contributed by atoms with Crippen LogP contribution in [0.15, 0.2) is 9.95 Å². The van der Waals surface area contributed by atoms with E-state index >= 15 is 0 Å². The fourth-order valence-corrected chi connectivity index (χ4v) is 5.74. The summed E-state index contributed by atoms with van der Waals surface area (Å²) in [5.74, 6) is 0.0159. The largest absolute Gasteiger partial charge is 0.376 e. The van der Waals surface area contributed by atoms with E-state index in [2.05, 4.69) is 12.2 Å². The van der Waals surface area contributed by atoms with E-state index in [4.69, 9.17) is 9.72 Å². The van der Waals surface area contributed by atoms with Gasteiger partial charge in [-0.3, -0.25) is 14.2 Å². The first-order valence-electron chi connectivity index (χ1n) is 10.1. The standard InChI is InChI=1S/C20H27N3O3S2/c1-4-15-11(2)27-18-16(15)19(25)23(10-14-6-5-9-26-14)20(22-18)28-12(3)17(24)21-13-7-8-13/h12-14H,4-10H2,1-3H3,(H,21,24). The van der Waals surface area contributed by atoms with Crippen molar-refractivity contribution in [3.8, 4) is 0 Å². The molecule has 1 saturated heterocycles. The number of rotatable bonds is 7. The van der Waals surface area contributed by atoms with Crippen molar-refractivity contribution < 1.29 is 9.53 Å². The van der Waals surface area contributed by atoms with E-state index < -0.39 is 0 Å². The quantitative estimate of drug-likeness (QED) is 0.549. The van der Waals surface area contributed by atoms with Gasteiger partial charge in [-0.2, -0.15) is 0 Å². The lowest BCUT2D eigenvalue weighted by Crippen LogP contribution is -2.34. The van der Waals surface area contributed by atoms with Gasteiger partial charge in [0.1, 0.15) is 4.83 Å². The Morgan fingerprint density at radius 2 is 2.21 bits per heavy atom. The molecule has 1 aliphatic carbocycles. The molecule has 6 nitrogen and oxygen atoms in total. The lowest BCUT2D eigenvalue weighted by Gasteiger charge is -2.18. The molecule has 2 atom stereocenters. The van der Waals surface area contributed by atoms with Crippen molar-refractivity contribution >= 4 is 39.2 Å². The van der Waals surface area contributed by atoms with Crippen LogP contribution >= 0.6 is 23.1 Å². The highest BCUT2D eigenvalue weighted by atomic mass is 32.2. The predicted molar refractivity (Wildman–Crippen MR) is 113 cm³/mol. The Balaban J connectivity index is 1.71. The average Bonchev–Trinajstić information content (AvgIpc) is 3.20. The summed E-state index contributed by atoms with van der Waals surface area (Å²) >= 11 is 2.94. The fourth-order valence-electron chi connectivity index (χ4n) is 3.66. The summed E-state index contributed by atoms with van der Waals surface area (Å²) in [5.41, 5.74) is 1.09. The van der Waals surface area contributed by atoms with Crippen molar-refractivity contribution in [1.82, 2.24) is 14.9 Å². The monoisotopic (exact) mass is 421 g/mol. The fraction of sp³-hybridized carbons (Fsp3) is 0.650. The number of carbonyl (C=O) groups excluding carboxylic acids is 1. The minimum Gasteiger partial charge on any atom is -0.376 e. The molecule has 152 valence electrons. The molecule has 1 saturated carbocycles. The molecule has 0 radical (unpaired) electrons. The van der Waals surface area contributed by atoms with Crippen LogP contribution in [0, 0.1) is 6.92 Å². The molecule has 1 amide bonds. The first-order valence-corrected chi connectivity index (χ1v) is 11.8. The lowest BCUT2D eigenvalue weighted by molar-refractivity contribution is -0.120. The second-order valence-corrected chi connectivity index (χ2v) is 10.2. The third-order valence-corrected chi connectivity index (χ3v) is 7.55. The molecule has 1 N–H and O–H groups in total. The molecule has 2 aromatic rings. The van der Waals surface area contributed by atoms with Gasteiger partial charge in [0.15, 0.2) is 5.16 Å². The maximum atomic E-state index is 13.4. The zero-order valence-electron chi connectivity index (χ0n) is 16.6. The van der Waals surface area contributed by atoms with Crippen molar-refractivity contribution in [1.29, 1.82) is 0 Å². The second-order valence-electron chi connectivity index (χ2n) is 7.66. The first-order chi connectivity index (χ1) is 13.5. The van der Waals surface area contributed by atoms with Crippen LogP contribution < -0.4 is 10.9 Å². The van der Waals surface area contributed by atoms with Gasteiger partial charge in [0, 0.05) is 17.5 Å². The molecular weight excluding hydrogens is 394 g/mol. The zero-order chi connectivity index (χ0) is 19.8. The molecule has 2 aliphatic rings. The third kappa shape index (κ3) is 4.00. The van der Waals surface area contributed by atoms with Crippen LogP contribution in [0.4, 0.5) is 0 Å². The average molecular weight is 422 g/mol. The summed E-state index contributed by atoms with van der Waals surface area (Å²) in [6.07, 6.45) is 4.95. The van der Waals surface area contributed by atoms with Crippen molar-refractivity contribution in [3.63, 3.8) is 0 Å². The molecule has 0 aromatic carbocycles. The summed E-state index contributed by atoms with van der Waals surface area (Å²) in [7, 11) is 0. The molecule has 28 heavy (non-hydrogen) atoms. The Hall–Kier alpha value is -1.38. The zero-order valence-corrected chi connectivity index (χ0v) is 18.3. The smallest absolute Gasteiger partial charge is 0.263 e. The molecule has 2 aromatic heterocycles. The molecule has 0 spiro atoms. The van der Waals surface area contributed by atoms with Crippen LogP contribution in [0.5, 0.6) is 0 Å². The molecule has 2 unspecified atom stereocenters. The Morgan fingerprint density at radius 1 is 1.43 bits per heavy atom. The molecular formula is C20H27N3O3S2. The Labute approximate surface area is 173 Å². The van der Waals surface area contributed by atoms with Gasteiger partial charge in [0.2, 0.25) is 5.91 Å². The van der Waals surface area contributed by atoms with E-state index in [-0.39, 0.29) is 22.8 Å². The maximum absolute atomic E-state index is 13.4. The van der Waals surface area contributed by atoms with Gasteiger partial charge in [0.05, 0.1) is 23.3 Å². The highest BCUT2D eigenvalue weighted by Crippen LogP contribution is 2.31. The van der Waals surface area contributed by atoms with E-state index in [1.165, 1.54) is 11.8 Å². The number of amides is 1. The van der Waals surface area contributed by atoms with E-state index in [1.54, 1.807) is 15.9 Å². The summed E-state index contributed by atoms with van der Waals surface area (Å²) in [5, 5.41) is 4.10. The van der Waals surface area contributed by atoms with Crippen molar-refractivity contribution in [2.75, 3.05) is 6.61 Å². The Bertz CT molecular complexity index is 942. The number of ether oxygens (including phenoxy) is 1. The number of nitrogens with one attached hydrogen (secondary N) is 1. The van der Waals surface area contributed by atoms with Gasteiger partial charge in [0.25, 0.3) is 5.56 Å². The second kappa shape index (κ2) is 8.16. The predicted octanol–water partition coefficient (Wildman–Crippen LogP) is 3.27. The van der Waals surface area contributed by atoms with Gasteiger partial charge in [-0.15, -0.1) is 11.3 Å². The van der Waals surface area contributed by atoms with Crippen LogP contribution in [0.3, 0.4) is 0 Å². The molecule has 3 heterocycles. The maximum Gasteiger partial charge on any atom is 0.263 e.